The van der Waals surface area contributed by atoms with Crippen LogP contribution in [0.25, 0.3) is 21.5 Å². The van der Waals surface area contributed by atoms with Crippen LogP contribution in [-0.4, -0.2) is 25.0 Å². The van der Waals surface area contributed by atoms with E-state index in [-0.39, 0.29) is 22.9 Å². The number of rotatable bonds is 7. The lowest BCUT2D eigenvalue weighted by atomic mass is 9.96. The van der Waals surface area contributed by atoms with Crippen molar-refractivity contribution in [2.75, 3.05) is 18.1 Å². The zero-order valence-corrected chi connectivity index (χ0v) is 18.8. The highest BCUT2D eigenvalue weighted by atomic mass is 16.5. The molecule has 0 spiro atoms. The Morgan fingerprint density at radius 1 is 0.667 bits per heavy atom. The summed E-state index contributed by atoms with van der Waals surface area (Å²) in [6.45, 7) is 4.91. The second-order valence-corrected chi connectivity index (χ2v) is 8.13. The van der Waals surface area contributed by atoms with Crippen molar-refractivity contribution < 1.29 is 19.1 Å². The number of fused-ring (bicyclic) bond motifs is 3. The molecule has 33 heavy (non-hydrogen) atoms. The predicted molar refractivity (Wildman–Crippen MR) is 131 cm³/mol. The summed E-state index contributed by atoms with van der Waals surface area (Å²) in [6, 6.07) is 21.1. The van der Waals surface area contributed by atoms with Crippen molar-refractivity contribution in [3.8, 4) is 11.5 Å². The summed E-state index contributed by atoms with van der Waals surface area (Å²) in [4.78, 5) is 28.6. The Morgan fingerprint density at radius 3 is 1.58 bits per heavy atom. The molecule has 0 radical (unpaired) electrons. The van der Waals surface area contributed by atoms with E-state index in [1.807, 2.05) is 68.4 Å². The van der Waals surface area contributed by atoms with E-state index in [0.29, 0.717) is 30.4 Å². The van der Waals surface area contributed by atoms with Gasteiger partial charge in [0, 0.05) is 10.8 Å². The number of ether oxygens (including phenoxy) is 2. The molecular weight excluding hydrogens is 414 g/mol. The monoisotopic (exact) mass is 439 g/mol. The molecule has 1 aliphatic rings. The summed E-state index contributed by atoms with van der Waals surface area (Å²) < 4.78 is 12.3. The highest BCUT2D eigenvalue weighted by molar-refractivity contribution is 6.38. The Labute approximate surface area is 192 Å². The minimum absolute atomic E-state index is 0.284. The summed E-state index contributed by atoms with van der Waals surface area (Å²) in [7, 11) is 0. The van der Waals surface area contributed by atoms with Gasteiger partial charge >= 0.3 is 0 Å². The highest BCUT2D eigenvalue weighted by Gasteiger charge is 2.43. The van der Waals surface area contributed by atoms with Crippen LogP contribution in [0.4, 0.5) is 5.69 Å². The van der Waals surface area contributed by atoms with Crippen molar-refractivity contribution in [1.82, 2.24) is 0 Å². The minimum Gasteiger partial charge on any atom is -0.492 e. The summed E-state index contributed by atoms with van der Waals surface area (Å²) in [5.74, 6) is 0.133. The first kappa shape index (κ1) is 21.0. The fraction of sp³-hybridized carbons (Fsp3) is 0.214. The molecule has 5 rings (SSSR count). The molecule has 4 aromatic carbocycles. The van der Waals surface area contributed by atoms with E-state index in [0.717, 1.165) is 34.4 Å². The van der Waals surface area contributed by atoms with Crippen molar-refractivity contribution >= 4 is 39.0 Å². The van der Waals surface area contributed by atoms with Gasteiger partial charge < -0.3 is 9.47 Å². The molecule has 0 unspecified atom stereocenters. The Morgan fingerprint density at radius 2 is 1.12 bits per heavy atom. The van der Waals surface area contributed by atoms with E-state index >= 15 is 0 Å². The molecular formula is C28H25NO4. The number of carbonyl (C=O) groups is 2. The molecule has 0 bridgehead atoms. The maximum absolute atomic E-state index is 13.7. The number of anilines is 1. The number of hydrogen-bond acceptors (Lipinski definition) is 4. The van der Waals surface area contributed by atoms with Crippen molar-refractivity contribution in [3.05, 3.63) is 77.9 Å². The number of hydrogen-bond donors (Lipinski definition) is 0. The van der Waals surface area contributed by atoms with Crippen LogP contribution < -0.4 is 14.4 Å². The van der Waals surface area contributed by atoms with Crippen LogP contribution >= 0.6 is 0 Å². The third kappa shape index (κ3) is 3.41. The molecule has 0 atom stereocenters. The van der Waals surface area contributed by atoms with E-state index in [9.17, 15) is 9.59 Å². The molecule has 4 aromatic rings. The van der Waals surface area contributed by atoms with Gasteiger partial charge in [0.2, 0.25) is 0 Å². The summed E-state index contributed by atoms with van der Waals surface area (Å²) in [5, 5.41) is 3.62. The Hall–Kier alpha value is -3.86. The topological polar surface area (TPSA) is 55.8 Å². The second-order valence-electron chi connectivity index (χ2n) is 8.13. The first-order chi connectivity index (χ1) is 16.2. The largest absolute Gasteiger partial charge is 0.492 e. The average molecular weight is 440 g/mol. The maximum Gasteiger partial charge on any atom is 0.270 e. The molecule has 0 fully saturated rings. The van der Waals surface area contributed by atoms with Gasteiger partial charge in [0.05, 0.1) is 30.0 Å². The molecule has 0 aromatic heterocycles. The molecule has 1 aliphatic heterocycles. The predicted octanol–water partition coefficient (Wildman–Crippen LogP) is 6.37. The van der Waals surface area contributed by atoms with Gasteiger partial charge in [0.15, 0.2) is 0 Å². The molecule has 5 heteroatoms. The van der Waals surface area contributed by atoms with Gasteiger partial charge in [-0.15, -0.1) is 0 Å². The molecule has 0 saturated heterocycles. The van der Waals surface area contributed by atoms with Crippen molar-refractivity contribution in [2.24, 2.45) is 0 Å². The number of carbonyl (C=O) groups excluding carboxylic acids is 2. The highest BCUT2D eigenvalue weighted by Crippen LogP contribution is 2.47. The number of benzene rings is 4. The van der Waals surface area contributed by atoms with Crippen molar-refractivity contribution in [1.29, 1.82) is 0 Å². The zero-order valence-electron chi connectivity index (χ0n) is 18.8. The lowest BCUT2D eigenvalue weighted by Crippen LogP contribution is -2.29. The van der Waals surface area contributed by atoms with E-state index < -0.39 is 0 Å². The number of para-hydroxylation sites is 1. The van der Waals surface area contributed by atoms with E-state index in [4.69, 9.17) is 9.47 Å². The molecule has 1 heterocycles. The van der Waals surface area contributed by atoms with Gasteiger partial charge in [-0.05, 0) is 47.9 Å². The maximum atomic E-state index is 13.7. The van der Waals surface area contributed by atoms with E-state index in [1.54, 1.807) is 12.1 Å². The standard InChI is InChI=1S/C28H25NO4/c1-3-14-32-25-21-16-18-10-8-9-11-19(18)17-22(21)26(33-15-4-2)24-23(25)27(30)29(28(24)31)20-12-6-5-7-13-20/h5-13,16-17H,3-4,14-15H2,1-2H3. The molecule has 166 valence electrons. The van der Waals surface area contributed by atoms with Gasteiger partial charge in [-0.25, -0.2) is 4.90 Å². The summed E-state index contributed by atoms with van der Waals surface area (Å²) in [6.07, 6.45) is 1.56. The summed E-state index contributed by atoms with van der Waals surface area (Å²) in [5.41, 5.74) is 1.10. The molecule has 5 nitrogen and oxygen atoms in total. The third-order valence-electron chi connectivity index (χ3n) is 5.83. The SMILES string of the molecule is CCCOc1c2c(c(OCCC)c3cc4ccccc4cc13)C(=O)N(c1ccccc1)C2=O. The quantitative estimate of drug-likeness (QED) is 0.248. The first-order valence-electron chi connectivity index (χ1n) is 11.4. The smallest absolute Gasteiger partial charge is 0.270 e. The van der Waals surface area contributed by atoms with E-state index in [1.165, 1.54) is 4.90 Å². The number of imide groups is 1. The number of amides is 2. The second kappa shape index (κ2) is 8.58. The first-order valence-corrected chi connectivity index (χ1v) is 11.4. The van der Waals surface area contributed by atoms with Gasteiger partial charge in [-0.3, -0.25) is 9.59 Å². The van der Waals surface area contributed by atoms with Gasteiger partial charge in [-0.1, -0.05) is 56.3 Å². The zero-order chi connectivity index (χ0) is 22.9. The van der Waals surface area contributed by atoms with Crippen LogP contribution in [0.1, 0.15) is 47.4 Å². The van der Waals surface area contributed by atoms with Crippen LogP contribution in [0.3, 0.4) is 0 Å². The third-order valence-corrected chi connectivity index (χ3v) is 5.83. The van der Waals surface area contributed by atoms with Crippen LogP contribution in [0.15, 0.2) is 66.7 Å². The normalized spacial score (nSPS) is 13.1. The average Bonchev–Trinajstić information content (AvgIpc) is 3.10. The minimum atomic E-state index is -0.385. The van der Waals surface area contributed by atoms with Crippen LogP contribution in [0.2, 0.25) is 0 Å². The number of nitrogens with zero attached hydrogens (tertiary/aromatic N) is 1. The lowest BCUT2D eigenvalue weighted by molar-refractivity contribution is 0.0924. The Balaban J connectivity index is 1.85. The fourth-order valence-corrected chi connectivity index (χ4v) is 4.36. The van der Waals surface area contributed by atoms with Gasteiger partial charge in [0.1, 0.15) is 11.5 Å². The fourth-order valence-electron chi connectivity index (χ4n) is 4.36. The lowest BCUT2D eigenvalue weighted by Gasteiger charge is -2.17. The molecule has 0 aliphatic carbocycles. The van der Waals surface area contributed by atoms with Crippen LogP contribution in [0.5, 0.6) is 11.5 Å². The van der Waals surface area contributed by atoms with E-state index in [2.05, 4.69) is 0 Å². The van der Waals surface area contributed by atoms with Gasteiger partial charge in [-0.2, -0.15) is 0 Å². The van der Waals surface area contributed by atoms with Crippen molar-refractivity contribution in [3.63, 3.8) is 0 Å². The van der Waals surface area contributed by atoms with Gasteiger partial charge in [0.25, 0.3) is 11.8 Å². The Bertz CT molecular complexity index is 1290. The molecule has 2 amide bonds. The molecule has 0 N–H and O–H groups in total. The summed E-state index contributed by atoms with van der Waals surface area (Å²) >= 11 is 0. The molecule has 0 saturated carbocycles. The Kier molecular flexibility index (Phi) is 5.47. The van der Waals surface area contributed by atoms with Crippen LogP contribution in [0, 0.1) is 0 Å². The van der Waals surface area contributed by atoms with Crippen LogP contribution in [-0.2, 0) is 0 Å². The van der Waals surface area contributed by atoms with Crippen molar-refractivity contribution in [2.45, 2.75) is 26.7 Å².